The fourth-order valence-corrected chi connectivity index (χ4v) is 1.31. The number of hydrogen-bond acceptors (Lipinski definition) is 3. The number of anilines is 1. The molecule has 0 radical (unpaired) electrons. The third-order valence-electron chi connectivity index (χ3n) is 1.84. The molecule has 0 aliphatic carbocycles. The summed E-state index contributed by atoms with van der Waals surface area (Å²) in [7, 11) is 0. The molecule has 0 unspecified atom stereocenters. The lowest BCUT2D eigenvalue weighted by Crippen LogP contribution is -2.00. The Morgan fingerprint density at radius 2 is 2.31 bits per heavy atom. The van der Waals surface area contributed by atoms with Gasteiger partial charge in [0.05, 0.1) is 10.7 Å². The van der Waals surface area contributed by atoms with Crippen molar-refractivity contribution in [2.24, 2.45) is 4.99 Å². The highest BCUT2D eigenvalue weighted by molar-refractivity contribution is 6.32. The van der Waals surface area contributed by atoms with Crippen LogP contribution < -0.4 is 10.5 Å². The predicted octanol–water partition coefficient (Wildman–Crippen LogP) is 3.07. The summed E-state index contributed by atoms with van der Waals surface area (Å²) in [5, 5.41) is 0.474. The maximum Gasteiger partial charge on any atom is 0.138 e. The van der Waals surface area contributed by atoms with Gasteiger partial charge in [-0.3, -0.25) is 4.99 Å². The minimum absolute atomic E-state index is 0.291. The number of benzene rings is 1. The van der Waals surface area contributed by atoms with Crippen molar-refractivity contribution in [3.05, 3.63) is 47.6 Å². The standard InChI is InChI=1S/C12H13ClN2O/c1-3-4-10(15-2)8-16-12-6-5-9(14)7-11(12)13/h3-7H,1-2,8,14H2/b10-4-. The van der Waals surface area contributed by atoms with Gasteiger partial charge in [-0.1, -0.05) is 24.3 Å². The molecule has 0 spiro atoms. The molecular formula is C12H13ClN2O. The van der Waals surface area contributed by atoms with Gasteiger partial charge in [-0.05, 0) is 31.0 Å². The molecule has 16 heavy (non-hydrogen) atoms. The van der Waals surface area contributed by atoms with Gasteiger partial charge in [0.2, 0.25) is 0 Å². The zero-order valence-electron chi connectivity index (χ0n) is 8.82. The summed E-state index contributed by atoms with van der Waals surface area (Å²) >= 11 is 5.94. The van der Waals surface area contributed by atoms with Crippen molar-refractivity contribution < 1.29 is 4.74 Å². The van der Waals surface area contributed by atoms with Crippen LogP contribution in [0.25, 0.3) is 0 Å². The Labute approximate surface area is 99.9 Å². The monoisotopic (exact) mass is 236 g/mol. The molecule has 3 nitrogen and oxygen atoms in total. The number of ether oxygens (including phenoxy) is 1. The molecule has 0 atom stereocenters. The SMILES string of the molecule is C=C/C=C(/COc1ccc(N)cc1Cl)N=C. The second-order valence-electron chi connectivity index (χ2n) is 3.03. The van der Waals surface area contributed by atoms with Crippen LogP contribution in [-0.2, 0) is 0 Å². The summed E-state index contributed by atoms with van der Waals surface area (Å²) in [6.45, 7) is 7.29. The smallest absolute Gasteiger partial charge is 0.138 e. The second kappa shape index (κ2) is 5.98. The van der Waals surface area contributed by atoms with Crippen LogP contribution in [0.15, 0.2) is 47.6 Å². The van der Waals surface area contributed by atoms with Crippen molar-refractivity contribution in [1.29, 1.82) is 0 Å². The summed E-state index contributed by atoms with van der Waals surface area (Å²) in [6, 6.07) is 5.07. The Morgan fingerprint density at radius 1 is 1.56 bits per heavy atom. The highest BCUT2D eigenvalue weighted by Gasteiger charge is 2.02. The minimum Gasteiger partial charge on any atom is -0.486 e. The van der Waals surface area contributed by atoms with Crippen LogP contribution in [0.1, 0.15) is 0 Å². The minimum atomic E-state index is 0.291. The molecule has 0 aromatic heterocycles. The fourth-order valence-electron chi connectivity index (χ4n) is 1.07. The van der Waals surface area contributed by atoms with E-state index >= 15 is 0 Å². The molecule has 0 aliphatic rings. The Bertz CT molecular complexity index is 427. The van der Waals surface area contributed by atoms with E-state index in [0.717, 1.165) is 0 Å². The van der Waals surface area contributed by atoms with E-state index in [2.05, 4.69) is 18.3 Å². The van der Waals surface area contributed by atoms with Gasteiger partial charge in [0.25, 0.3) is 0 Å². The van der Waals surface area contributed by atoms with Crippen molar-refractivity contribution in [3.63, 3.8) is 0 Å². The fraction of sp³-hybridized carbons (Fsp3) is 0.0833. The van der Waals surface area contributed by atoms with E-state index in [9.17, 15) is 0 Å². The van der Waals surface area contributed by atoms with E-state index in [0.29, 0.717) is 28.8 Å². The predicted molar refractivity (Wildman–Crippen MR) is 69.2 cm³/mol. The summed E-state index contributed by atoms with van der Waals surface area (Å²) in [5.41, 5.74) is 6.85. The molecule has 0 heterocycles. The first-order chi connectivity index (χ1) is 7.67. The maximum atomic E-state index is 5.94. The van der Waals surface area contributed by atoms with Gasteiger partial charge in [-0.2, -0.15) is 0 Å². The van der Waals surface area contributed by atoms with Crippen LogP contribution in [0.2, 0.25) is 5.02 Å². The van der Waals surface area contributed by atoms with Crippen LogP contribution in [0, 0.1) is 0 Å². The second-order valence-corrected chi connectivity index (χ2v) is 3.44. The molecule has 1 rings (SSSR count). The van der Waals surface area contributed by atoms with Crippen molar-refractivity contribution in [3.8, 4) is 5.75 Å². The normalized spacial score (nSPS) is 10.9. The number of allylic oxidation sites excluding steroid dienone is 2. The lowest BCUT2D eigenvalue weighted by molar-refractivity contribution is 0.351. The van der Waals surface area contributed by atoms with Crippen molar-refractivity contribution >= 4 is 24.0 Å². The van der Waals surface area contributed by atoms with E-state index in [1.54, 1.807) is 30.4 Å². The van der Waals surface area contributed by atoms with Gasteiger partial charge in [0.1, 0.15) is 12.4 Å². The van der Waals surface area contributed by atoms with E-state index < -0.39 is 0 Å². The summed E-state index contributed by atoms with van der Waals surface area (Å²) in [4.78, 5) is 3.79. The van der Waals surface area contributed by atoms with E-state index in [-0.39, 0.29) is 0 Å². The molecule has 0 saturated carbocycles. The Hall–Kier alpha value is -1.74. The lowest BCUT2D eigenvalue weighted by atomic mass is 10.3. The molecule has 0 aliphatic heterocycles. The summed E-state index contributed by atoms with van der Waals surface area (Å²) in [6.07, 6.45) is 3.34. The molecule has 4 heteroatoms. The van der Waals surface area contributed by atoms with Gasteiger partial charge in [0, 0.05) is 5.69 Å². The van der Waals surface area contributed by atoms with Gasteiger partial charge in [-0.25, -0.2) is 0 Å². The van der Waals surface area contributed by atoms with E-state index in [1.807, 2.05) is 0 Å². The third-order valence-corrected chi connectivity index (χ3v) is 2.14. The zero-order chi connectivity index (χ0) is 12.0. The highest BCUT2D eigenvalue weighted by atomic mass is 35.5. The van der Waals surface area contributed by atoms with Gasteiger partial charge in [0.15, 0.2) is 0 Å². The number of rotatable bonds is 5. The van der Waals surface area contributed by atoms with E-state index in [1.165, 1.54) is 0 Å². The van der Waals surface area contributed by atoms with Crippen LogP contribution in [-0.4, -0.2) is 13.3 Å². The number of aliphatic imine (C=N–C) groups is 1. The quantitative estimate of drug-likeness (QED) is 0.485. The number of nitrogen functional groups attached to an aromatic ring is 1. The molecule has 0 fully saturated rings. The van der Waals surface area contributed by atoms with Crippen molar-refractivity contribution in [2.75, 3.05) is 12.3 Å². The van der Waals surface area contributed by atoms with Gasteiger partial charge in [-0.15, -0.1) is 0 Å². The number of hydrogen-bond donors (Lipinski definition) is 1. The molecule has 2 N–H and O–H groups in total. The summed E-state index contributed by atoms with van der Waals surface area (Å²) in [5.74, 6) is 0.564. The average molecular weight is 237 g/mol. The lowest BCUT2D eigenvalue weighted by Gasteiger charge is -2.08. The largest absolute Gasteiger partial charge is 0.486 e. The van der Waals surface area contributed by atoms with E-state index in [4.69, 9.17) is 22.1 Å². The van der Waals surface area contributed by atoms with Crippen LogP contribution in [0.4, 0.5) is 5.69 Å². The Kier molecular flexibility index (Phi) is 4.61. The molecule has 0 bridgehead atoms. The van der Waals surface area contributed by atoms with Crippen molar-refractivity contribution in [1.82, 2.24) is 0 Å². The van der Waals surface area contributed by atoms with Gasteiger partial charge >= 0.3 is 0 Å². The van der Waals surface area contributed by atoms with Crippen molar-refractivity contribution in [2.45, 2.75) is 0 Å². The average Bonchev–Trinajstić information content (AvgIpc) is 2.26. The maximum absolute atomic E-state index is 5.94. The highest BCUT2D eigenvalue weighted by Crippen LogP contribution is 2.26. The molecular weight excluding hydrogens is 224 g/mol. The Morgan fingerprint density at radius 3 is 2.88 bits per heavy atom. The summed E-state index contributed by atoms with van der Waals surface area (Å²) < 4.78 is 5.46. The van der Waals surface area contributed by atoms with Crippen LogP contribution >= 0.6 is 11.6 Å². The molecule has 0 saturated heterocycles. The third kappa shape index (κ3) is 3.44. The number of nitrogens with two attached hydrogens (primary N) is 1. The molecule has 1 aromatic rings. The Balaban J connectivity index is 2.70. The molecule has 1 aromatic carbocycles. The first-order valence-electron chi connectivity index (χ1n) is 4.63. The molecule has 0 amide bonds. The zero-order valence-corrected chi connectivity index (χ0v) is 9.57. The van der Waals surface area contributed by atoms with Crippen LogP contribution in [0.5, 0.6) is 5.75 Å². The van der Waals surface area contributed by atoms with Gasteiger partial charge < -0.3 is 10.5 Å². The number of halogens is 1. The van der Waals surface area contributed by atoms with Crippen LogP contribution in [0.3, 0.4) is 0 Å². The number of nitrogens with zero attached hydrogens (tertiary/aromatic N) is 1. The first kappa shape index (κ1) is 12.3. The topological polar surface area (TPSA) is 47.6 Å². The first-order valence-corrected chi connectivity index (χ1v) is 5.01. The molecule has 84 valence electrons.